The van der Waals surface area contributed by atoms with Gasteiger partial charge in [0.25, 0.3) is 5.56 Å². The van der Waals surface area contributed by atoms with E-state index in [1.807, 2.05) is 27.7 Å². The minimum absolute atomic E-state index is 0.0354. The quantitative estimate of drug-likeness (QED) is 0.673. The van der Waals surface area contributed by atoms with Gasteiger partial charge in [0.15, 0.2) is 0 Å². The molecule has 0 spiro atoms. The van der Waals surface area contributed by atoms with Crippen molar-refractivity contribution in [3.8, 4) is 0 Å². The largest absolute Gasteiger partial charge is 0.352 e. The first kappa shape index (κ1) is 19.5. The van der Waals surface area contributed by atoms with Crippen LogP contribution in [-0.2, 0) is 15.3 Å². The number of nitrogens with one attached hydrogen (secondary N) is 3. The first-order valence-electron chi connectivity index (χ1n) is 7.90. The maximum atomic E-state index is 12.2. The fourth-order valence-electron chi connectivity index (χ4n) is 2.21. The molecule has 2 aromatic rings. The molecule has 7 nitrogen and oxygen atoms in total. The molecule has 0 aliphatic rings. The molecule has 25 heavy (non-hydrogen) atoms. The molecule has 0 fully saturated rings. The van der Waals surface area contributed by atoms with Crippen molar-refractivity contribution in [3.63, 3.8) is 0 Å². The van der Waals surface area contributed by atoms with Gasteiger partial charge in [0.2, 0.25) is 11.8 Å². The molecule has 0 radical (unpaired) electrons. The Labute approximate surface area is 154 Å². The van der Waals surface area contributed by atoms with Gasteiger partial charge < -0.3 is 15.6 Å². The molecule has 2 amide bonds. The van der Waals surface area contributed by atoms with Gasteiger partial charge >= 0.3 is 0 Å². The average Bonchev–Trinajstić information content (AvgIpc) is 2.79. The summed E-state index contributed by atoms with van der Waals surface area (Å²) in [6, 6.07) is 0.0427. The third-order valence-corrected chi connectivity index (χ3v) is 5.50. The Kier molecular flexibility index (Phi) is 6.60. The molecule has 2 heterocycles. The SMILES string of the molecule is Cc1sc2nc(CSCC(=O)NCC(=O)NC(C)C)[nH]c(=O)c2c1C. The number of amides is 2. The zero-order chi connectivity index (χ0) is 18.6. The number of thioether (sulfide) groups is 1. The monoisotopic (exact) mass is 382 g/mol. The van der Waals surface area contributed by atoms with Crippen LogP contribution in [0.15, 0.2) is 4.79 Å². The number of aromatic amines is 1. The summed E-state index contributed by atoms with van der Waals surface area (Å²) >= 11 is 2.84. The van der Waals surface area contributed by atoms with Crippen LogP contribution in [-0.4, -0.2) is 40.1 Å². The third-order valence-electron chi connectivity index (χ3n) is 3.46. The summed E-state index contributed by atoms with van der Waals surface area (Å²) in [7, 11) is 0. The molecule has 0 aromatic carbocycles. The lowest BCUT2D eigenvalue weighted by Gasteiger charge is -2.09. The zero-order valence-corrected chi connectivity index (χ0v) is 16.3. The molecule has 2 rings (SSSR count). The lowest BCUT2D eigenvalue weighted by molar-refractivity contribution is -0.125. The van der Waals surface area contributed by atoms with Gasteiger partial charge in [-0.2, -0.15) is 0 Å². The molecule has 0 atom stereocenters. The molecule has 9 heteroatoms. The number of carbonyl (C=O) groups excluding carboxylic acids is 2. The molecule has 0 unspecified atom stereocenters. The van der Waals surface area contributed by atoms with Crippen LogP contribution in [0.5, 0.6) is 0 Å². The predicted molar refractivity (Wildman–Crippen MR) is 102 cm³/mol. The van der Waals surface area contributed by atoms with E-state index in [9.17, 15) is 14.4 Å². The van der Waals surface area contributed by atoms with Crippen LogP contribution in [0.4, 0.5) is 0 Å². The van der Waals surface area contributed by atoms with E-state index in [0.717, 1.165) is 15.3 Å². The average molecular weight is 383 g/mol. The number of hydrogen-bond acceptors (Lipinski definition) is 6. The van der Waals surface area contributed by atoms with Crippen molar-refractivity contribution < 1.29 is 9.59 Å². The van der Waals surface area contributed by atoms with Crippen LogP contribution in [0.1, 0.15) is 30.1 Å². The smallest absolute Gasteiger partial charge is 0.259 e. The Morgan fingerprint density at radius 1 is 1.28 bits per heavy atom. The van der Waals surface area contributed by atoms with Gasteiger partial charge in [-0.05, 0) is 33.3 Å². The second kappa shape index (κ2) is 8.48. The Morgan fingerprint density at radius 2 is 2.00 bits per heavy atom. The normalized spacial score (nSPS) is 11.1. The van der Waals surface area contributed by atoms with Crippen LogP contribution in [0.3, 0.4) is 0 Å². The summed E-state index contributed by atoms with van der Waals surface area (Å²) < 4.78 is 0. The van der Waals surface area contributed by atoms with Crippen molar-refractivity contribution in [1.29, 1.82) is 0 Å². The first-order valence-corrected chi connectivity index (χ1v) is 9.87. The number of hydrogen-bond donors (Lipinski definition) is 3. The molecule has 136 valence electrons. The van der Waals surface area contributed by atoms with E-state index in [1.54, 1.807) is 0 Å². The zero-order valence-electron chi connectivity index (χ0n) is 14.7. The molecule has 0 aliphatic carbocycles. The highest BCUT2D eigenvalue weighted by Gasteiger charge is 2.12. The van der Waals surface area contributed by atoms with Gasteiger partial charge in [0, 0.05) is 10.9 Å². The van der Waals surface area contributed by atoms with Gasteiger partial charge in [-0.1, -0.05) is 0 Å². The minimum Gasteiger partial charge on any atom is -0.352 e. The Bertz CT molecular complexity index is 842. The molecule has 0 aliphatic heterocycles. The standard InChI is InChI=1S/C16H22N4O3S2/c1-8(2)18-12(21)5-17-13(22)7-24-6-11-19-15(23)14-9(3)10(4)25-16(14)20-11/h8H,5-7H2,1-4H3,(H,17,22)(H,18,21)(H,19,20,23). The van der Waals surface area contributed by atoms with E-state index in [1.165, 1.54) is 23.1 Å². The maximum absolute atomic E-state index is 12.2. The number of fused-ring (bicyclic) bond motifs is 1. The maximum Gasteiger partial charge on any atom is 0.259 e. The van der Waals surface area contributed by atoms with E-state index < -0.39 is 0 Å². The van der Waals surface area contributed by atoms with Crippen molar-refractivity contribution in [2.45, 2.75) is 39.5 Å². The summed E-state index contributed by atoms with van der Waals surface area (Å²) in [6.07, 6.45) is 0. The van der Waals surface area contributed by atoms with Gasteiger partial charge in [-0.3, -0.25) is 14.4 Å². The lowest BCUT2D eigenvalue weighted by Crippen LogP contribution is -2.40. The van der Waals surface area contributed by atoms with Crippen molar-refractivity contribution >= 4 is 45.1 Å². The topological polar surface area (TPSA) is 104 Å². The van der Waals surface area contributed by atoms with Crippen LogP contribution in [0.25, 0.3) is 10.2 Å². The number of nitrogens with zero attached hydrogens (tertiary/aromatic N) is 1. The van der Waals surface area contributed by atoms with E-state index in [2.05, 4.69) is 20.6 Å². The summed E-state index contributed by atoms with van der Waals surface area (Å²) in [5.41, 5.74) is 0.823. The van der Waals surface area contributed by atoms with E-state index in [4.69, 9.17) is 0 Å². The number of aryl methyl sites for hydroxylation is 2. The number of carbonyl (C=O) groups is 2. The fraction of sp³-hybridized carbons (Fsp3) is 0.500. The number of rotatable bonds is 7. The number of thiophene rings is 1. The highest BCUT2D eigenvalue weighted by atomic mass is 32.2. The summed E-state index contributed by atoms with van der Waals surface area (Å²) in [4.78, 5) is 44.4. The molecular formula is C16H22N4O3S2. The molecule has 3 N–H and O–H groups in total. The molecule has 0 saturated carbocycles. The first-order chi connectivity index (χ1) is 11.8. The molecule has 0 saturated heterocycles. The highest BCUT2D eigenvalue weighted by molar-refractivity contribution is 7.99. The summed E-state index contributed by atoms with van der Waals surface area (Å²) in [5, 5.41) is 5.91. The van der Waals surface area contributed by atoms with E-state index in [-0.39, 0.29) is 35.7 Å². The number of H-pyrrole nitrogens is 1. The highest BCUT2D eigenvalue weighted by Crippen LogP contribution is 2.26. The summed E-state index contributed by atoms with van der Waals surface area (Å²) in [5.74, 6) is 0.726. The Morgan fingerprint density at radius 3 is 2.68 bits per heavy atom. The van der Waals surface area contributed by atoms with Gasteiger partial charge in [-0.25, -0.2) is 4.98 Å². The van der Waals surface area contributed by atoms with Gasteiger partial charge in [0.05, 0.1) is 23.4 Å². The second-order valence-corrected chi connectivity index (χ2v) is 8.16. The van der Waals surface area contributed by atoms with E-state index >= 15 is 0 Å². The van der Waals surface area contributed by atoms with Crippen molar-refractivity contribution in [2.24, 2.45) is 0 Å². The van der Waals surface area contributed by atoms with Crippen LogP contribution >= 0.6 is 23.1 Å². The van der Waals surface area contributed by atoms with E-state index in [0.29, 0.717) is 17.0 Å². The Hall–Kier alpha value is -1.87. The van der Waals surface area contributed by atoms with Crippen molar-refractivity contribution in [2.75, 3.05) is 12.3 Å². The van der Waals surface area contributed by atoms with Gasteiger partial charge in [-0.15, -0.1) is 23.1 Å². The van der Waals surface area contributed by atoms with Gasteiger partial charge in [0.1, 0.15) is 10.7 Å². The fourth-order valence-corrected chi connectivity index (χ4v) is 3.98. The summed E-state index contributed by atoms with van der Waals surface area (Å²) in [6.45, 7) is 7.56. The minimum atomic E-state index is -0.227. The van der Waals surface area contributed by atoms with Crippen molar-refractivity contribution in [3.05, 3.63) is 26.6 Å². The Balaban J connectivity index is 1.85. The third kappa shape index (κ3) is 5.30. The molecular weight excluding hydrogens is 360 g/mol. The van der Waals surface area contributed by atoms with Crippen LogP contribution in [0, 0.1) is 13.8 Å². The van der Waals surface area contributed by atoms with Crippen LogP contribution < -0.4 is 16.2 Å². The lowest BCUT2D eigenvalue weighted by atomic mass is 10.2. The second-order valence-electron chi connectivity index (χ2n) is 5.97. The van der Waals surface area contributed by atoms with Crippen molar-refractivity contribution in [1.82, 2.24) is 20.6 Å². The van der Waals surface area contributed by atoms with Crippen LogP contribution in [0.2, 0.25) is 0 Å². The molecule has 0 bridgehead atoms. The number of aromatic nitrogens is 2. The predicted octanol–water partition coefficient (Wildman–Crippen LogP) is 1.48. The molecule has 2 aromatic heterocycles.